The number of carbonyl (C=O) groups is 3. The molecule has 0 saturated heterocycles. The zero-order chi connectivity index (χ0) is 26.3. The van der Waals surface area contributed by atoms with Crippen LogP contribution in [0.2, 0.25) is 0 Å². The number of nitrogens with zero attached hydrogens (tertiary/aromatic N) is 3. The summed E-state index contributed by atoms with van der Waals surface area (Å²) in [5, 5.41) is 7.59. The number of nitrogens with one attached hydrogen (secondary N) is 3. The van der Waals surface area contributed by atoms with Gasteiger partial charge >= 0.3 is 6.18 Å². The van der Waals surface area contributed by atoms with E-state index in [9.17, 15) is 31.9 Å². The number of benzene rings is 1. The minimum absolute atomic E-state index is 0.0851. The van der Waals surface area contributed by atoms with Crippen LogP contribution in [0.15, 0.2) is 36.5 Å². The average molecular weight is 516 g/mol. The maximum atomic E-state index is 13.8. The summed E-state index contributed by atoms with van der Waals surface area (Å²) in [4.78, 5) is 46.1. The molecule has 37 heavy (non-hydrogen) atoms. The molecule has 0 spiro atoms. The van der Waals surface area contributed by atoms with Crippen molar-refractivity contribution in [2.45, 2.75) is 44.6 Å². The van der Waals surface area contributed by atoms with Gasteiger partial charge in [0.15, 0.2) is 5.82 Å². The second kappa shape index (κ2) is 9.30. The summed E-state index contributed by atoms with van der Waals surface area (Å²) < 4.78 is 54.2. The van der Waals surface area contributed by atoms with Crippen LogP contribution in [0.5, 0.6) is 0 Å². The molecule has 1 aliphatic carbocycles. The van der Waals surface area contributed by atoms with Crippen LogP contribution in [-0.4, -0.2) is 32.3 Å². The Hall–Kier alpha value is -4.29. The van der Waals surface area contributed by atoms with E-state index in [0.717, 1.165) is 24.1 Å². The molecule has 3 amide bonds. The predicted molar refractivity (Wildman–Crippen MR) is 121 cm³/mol. The lowest BCUT2D eigenvalue weighted by Crippen LogP contribution is -2.37. The highest BCUT2D eigenvalue weighted by molar-refractivity contribution is 6.05. The highest BCUT2D eigenvalue weighted by Gasteiger charge is 2.33. The molecule has 0 radical (unpaired) electrons. The normalized spacial score (nSPS) is 15.1. The van der Waals surface area contributed by atoms with E-state index >= 15 is 0 Å². The first kappa shape index (κ1) is 24.4. The minimum atomic E-state index is -4.85. The molecule has 0 atom stereocenters. The van der Waals surface area contributed by atoms with Crippen LogP contribution in [-0.2, 0) is 30.6 Å². The van der Waals surface area contributed by atoms with Crippen molar-refractivity contribution in [3.63, 3.8) is 0 Å². The second-order valence-corrected chi connectivity index (χ2v) is 8.82. The zero-order valence-corrected chi connectivity index (χ0v) is 19.2. The molecule has 1 aromatic carbocycles. The van der Waals surface area contributed by atoms with E-state index in [1.807, 2.05) is 12.1 Å². The van der Waals surface area contributed by atoms with Crippen molar-refractivity contribution >= 4 is 23.5 Å². The number of aromatic nitrogens is 3. The molecule has 3 heterocycles. The van der Waals surface area contributed by atoms with E-state index in [0.29, 0.717) is 18.1 Å². The number of rotatable bonds is 6. The fourth-order valence-corrected chi connectivity index (χ4v) is 3.98. The quantitative estimate of drug-likeness (QED) is 0.435. The van der Waals surface area contributed by atoms with Gasteiger partial charge in [-0.15, -0.1) is 0 Å². The standard InChI is InChI=1S/C24H20F4N6O3/c25-16-6-14(5-15(7-16)24(26,27)28)22(36)33-20-18-10-30-19(35)11-34(18)21(32-20)23(37)31-9-12-1-4-17(29-8-12)13-2-3-13/h1,4-8,13H,2-3,9-11H2,(H,30,35)(H,31,37)(H,33,36). The summed E-state index contributed by atoms with van der Waals surface area (Å²) in [6, 6.07) is 5.21. The smallest absolute Gasteiger partial charge is 0.349 e. The number of amides is 3. The van der Waals surface area contributed by atoms with Gasteiger partial charge in [-0.1, -0.05) is 6.07 Å². The van der Waals surface area contributed by atoms with Crippen LogP contribution in [0.3, 0.4) is 0 Å². The lowest BCUT2D eigenvalue weighted by Gasteiger charge is -2.18. The first-order valence-corrected chi connectivity index (χ1v) is 11.4. The Balaban J connectivity index is 1.36. The van der Waals surface area contributed by atoms with Crippen LogP contribution >= 0.6 is 0 Å². The number of fused-ring (bicyclic) bond motifs is 1. The lowest BCUT2D eigenvalue weighted by atomic mass is 10.1. The Bertz CT molecular complexity index is 1400. The molecule has 1 aliphatic heterocycles. The molecule has 3 N–H and O–H groups in total. The van der Waals surface area contributed by atoms with Gasteiger partial charge in [-0.2, -0.15) is 13.2 Å². The van der Waals surface area contributed by atoms with E-state index in [4.69, 9.17) is 0 Å². The Labute approximate surface area is 207 Å². The largest absolute Gasteiger partial charge is 0.416 e. The third-order valence-electron chi connectivity index (χ3n) is 6.05. The number of imidazole rings is 1. The first-order chi connectivity index (χ1) is 17.6. The molecular formula is C24H20F4N6O3. The highest BCUT2D eigenvalue weighted by Crippen LogP contribution is 2.38. The summed E-state index contributed by atoms with van der Waals surface area (Å²) in [5.41, 5.74) is 0.116. The van der Waals surface area contributed by atoms with Crippen LogP contribution in [0, 0.1) is 5.82 Å². The third-order valence-corrected chi connectivity index (χ3v) is 6.05. The van der Waals surface area contributed by atoms with Crippen molar-refractivity contribution in [1.82, 2.24) is 25.2 Å². The van der Waals surface area contributed by atoms with Crippen molar-refractivity contribution in [3.8, 4) is 0 Å². The van der Waals surface area contributed by atoms with Crippen LogP contribution in [0.25, 0.3) is 0 Å². The van der Waals surface area contributed by atoms with Gasteiger partial charge in [-0.3, -0.25) is 19.4 Å². The molecule has 2 aromatic heterocycles. The average Bonchev–Trinajstić information content (AvgIpc) is 3.64. The van der Waals surface area contributed by atoms with E-state index in [-0.39, 0.29) is 43.0 Å². The second-order valence-electron chi connectivity index (χ2n) is 8.82. The maximum Gasteiger partial charge on any atom is 0.416 e. The van der Waals surface area contributed by atoms with Crippen LogP contribution in [0.1, 0.15) is 62.3 Å². The van der Waals surface area contributed by atoms with Crippen molar-refractivity contribution < 1.29 is 31.9 Å². The molecule has 9 nitrogen and oxygen atoms in total. The van der Waals surface area contributed by atoms with Crippen LogP contribution < -0.4 is 16.0 Å². The van der Waals surface area contributed by atoms with Gasteiger partial charge in [-0.25, -0.2) is 9.37 Å². The Morgan fingerprint density at radius 2 is 1.92 bits per heavy atom. The van der Waals surface area contributed by atoms with E-state index in [1.165, 1.54) is 4.57 Å². The molecule has 0 unspecified atom stereocenters. The maximum absolute atomic E-state index is 13.8. The molecular weight excluding hydrogens is 496 g/mol. The number of hydrogen-bond acceptors (Lipinski definition) is 5. The van der Waals surface area contributed by atoms with Gasteiger partial charge < -0.3 is 20.5 Å². The lowest BCUT2D eigenvalue weighted by molar-refractivity contribution is -0.137. The van der Waals surface area contributed by atoms with Crippen LogP contribution in [0.4, 0.5) is 23.4 Å². The van der Waals surface area contributed by atoms with Crippen molar-refractivity contribution in [3.05, 3.63) is 76.2 Å². The number of pyridine rings is 1. The first-order valence-electron chi connectivity index (χ1n) is 11.4. The number of hydrogen-bond donors (Lipinski definition) is 3. The van der Waals surface area contributed by atoms with Gasteiger partial charge in [0, 0.05) is 29.9 Å². The Morgan fingerprint density at radius 3 is 2.59 bits per heavy atom. The van der Waals surface area contributed by atoms with E-state index in [1.54, 1.807) is 6.20 Å². The third kappa shape index (κ3) is 5.29. The Morgan fingerprint density at radius 1 is 1.14 bits per heavy atom. The fraction of sp³-hybridized carbons (Fsp3) is 0.292. The summed E-state index contributed by atoms with van der Waals surface area (Å²) in [7, 11) is 0. The van der Waals surface area contributed by atoms with Gasteiger partial charge in [0.25, 0.3) is 11.8 Å². The number of alkyl halides is 3. The predicted octanol–water partition coefficient (Wildman–Crippen LogP) is 3.13. The number of carbonyl (C=O) groups excluding carboxylic acids is 3. The van der Waals surface area contributed by atoms with E-state index in [2.05, 4.69) is 25.9 Å². The van der Waals surface area contributed by atoms with Crippen molar-refractivity contribution in [2.24, 2.45) is 0 Å². The van der Waals surface area contributed by atoms with Crippen molar-refractivity contribution in [2.75, 3.05) is 5.32 Å². The van der Waals surface area contributed by atoms with Crippen molar-refractivity contribution in [1.29, 1.82) is 0 Å². The highest BCUT2D eigenvalue weighted by atomic mass is 19.4. The summed E-state index contributed by atoms with van der Waals surface area (Å²) in [6.45, 7) is -0.203. The molecule has 1 fully saturated rings. The molecule has 1 saturated carbocycles. The summed E-state index contributed by atoms with van der Waals surface area (Å²) in [6.07, 6.45) is -0.956. The zero-order valence-electron chi connectivity index (χ0n) is 19.2. The Kier molecular flexibility index (Phi) is 6.13. The molecule has 3 aromatic rings. The molecule has 0 bridgehead atoms. The van der Waals surface area contributed by atoms with Gasteiger partial charge in [-0.05, 0) is 42.7 Å². The van der Waals surface area contributed by atoms with Gasteiger partial charge in [0.1, 0.15) is 12.4 Å². The number of anilines is 1. The van der Waals surface area contributed by atoms with E-state index < -0.39 is 40.8 Å². The van der Waals surface area contributed by atoms with Gasteiger partial charge in [0.05, 0.1) is 17.8 Å². The molecule has 2 aliphatic rings. The minimum Gasteiger partial charge on any atom is -0.349 e. The molecule has 5 rings (SSSR count). The summed E-state index contributed by atoms with van der Waals surface area (Å²) in [5.74, 6) is -3.13. The van der Waals surface area contributed by atoms with Gasteiger partial charge in [0.2, 0.25) is 11.7 Å². The molecule has 192 valence electrons. The number of halogens is 4. The monoisotopic (exact) mass is 516 g/mol. The topological polar surface area (TPSA) is 118 Å². The molecule has 13 heteroatoms. The fourth-order valence-electron chi connectivity index (χ4n) is 3.98. The summed E-state index contributed by atoms with van der Waals surface area (Å²) >= 11 is 0. The SMILES string of the molecule is O=C1Cn2c(C(=O)NCc3ccc(C4CC4)nc3)nc(NC(=O)c3cc(F)cc(C(F)(F)F)c3)c2CN1.